The lowest BCUT2D eigenvalue weighted by atomic mass is 10.1. The van der Waals surface area contributed by atoms with E-state index < -0.39 is 27.8 Å². The van der Waals surface area contributed by atoms with Gasteiger partial charge in [0.1, 0.15) is 6.04 Å². The number of anilines is 1. The molecule has 0 unspecified atom stereocenters. The lowest BCUT2D eigenvalue weighted by Crippen LogP contribution is -2.49. The molecule has 2 aromatic carbocycles. The maximum atomic E-state index is 13.3. The first-order valence-corrected chi connectivity index (χ1v) is 14.3. The molecule has 0 aromatic heterocycles. The number of carbonyl (C=O) groups excluding carboxylic acids is 2. The summed E-state index contributed by atoms with van der Waals surface area (Å²) in [6, 6.07) is 10.7. The molecular weight excluding hydrogens is 519 g/mol. The van der Waals surface area contributed by atoms with Crippen LogP contribution < -0.4 is 9.62 Å². The fraction of sp³-hybridized carbons (Fsp3) is 0.481. The Hall–Kier alpha value is -3.08. The smallest absolute Gasteiger partial charge is 0.352 e. The summed E-state index contributed by atoms with van der Waals surface area (Å²) in [5, 5.41) is 2.89. The molecule has 0 aliphatic rings. The molecule has 7 nitrogen and oxygen atoms in total. The van der Waals surface area contributed by atoms with Crippen LogP contribution in [0.4, 0.5) is 18.9 Å². The van der Waals surface area contributed by atoms with Gasteiger partial charge in [-0.1, -0.05) is 37.3 Å². The van der Waals surface area contributed by atoms with E-state index in [0.29, 0.717) is 0 Å². The number of sulfonamides is 1. The van der Waals surface area contributed by atoms with Gasteiger partial charge >= 0.3 is 6.18 Å². The fourth-order valence-electron chi connectivity index (χ4n) is 3.86. The molecule has 210 valence electrons. The van der Waals surface area contributed by atoms with E-state index in [4.69, 9.17) is 0 Å². The fourth-order valence-corrected chi connectivity index (χ4v) is 4.82. The first-order valence-electron chi connectivity index (χ1n) is 12.4. The van der Waals surface area contributed by atoms with Crippen molar-refractivity contribution in [1.82, 2.24) is 10.2 Å². The number of nitrogens with zero attached hydrogens (tertiary/aromatic N) is 2. The molecule has 0 aliphatic heterocycles. The van der Waals surface area contributed by atoms with E-state index in [1.165, 1.54) is 11.0 Å². The number of hydrogen-bond donors (Lipinski definition) is 1. The first kappa shape index (κ1) is 31.1. The molecule has 2 aromatic rings. The summed E-state index contributed by atoms with van der Waals surface area (Å²) in [5.74, 6) is -0.666. The van der Waals surface area contributed by atoms with Crippen LogP contribution in [0.25, 0.3) is 0 Å². The second-order valence-electron chi connectivity index (χ2n) is 9.43. The van der Waals surface area contributed by atoms with Gasteiger partial charge in [-0.05, 0) is 62.9 Å². The predicted octanol–water partition coefficient (Wildman–Crippen LogP) is 4.89. The van der Waals surface area contributed by atoms with Crippen molar-refractivity contribution in [3.63, 3.8) is 0 Å². The highest BCUT2D eigenvalue weighted by atomic mass is 32.2. The third-order valence-corrected chi connectivity index (χ3v) is 7.58. The second-order valence-corrected chi connectivity index (χ2v) is 11.3. The van der Waals surface area contributed by atoms with Crippen LogP contribution in [0.1, 0.15) is 56.7 Å². The van der Waals surface area contributed by atoms with Gasteiger partial charge in [0, 0.05) is 25.6 Å². The lowest BCUT2D eigenvalue weighted by Gasteiger charge is -2.30. The minimum atomic E-state index is -4.63. The summed E-state index contributed by atoms with van der Waals surface area (Å²) in [5.41, 5.74) is 0.719. The Kier molecular flexibility index (Phi) is 10.8. The number of aryl methyl sites for hydroxylation is 1. The van der Waals surface area contributed by atoms with Gasteiger partial charge in [-0.25, -0.2) is 8.42 Å². The molecule has 0 heterocycles. The number of amides is 2. The number of carbonyl (C=O) groups is 2. The molecule has 38 heavy (non-hydrogen) atoms. The molecule has 2 atom stereocenters. The largest absolute Gasteiger partial charge is 0.416 e. The molecule has 0 saturated heterocycles. The van der Waals surface area contributed by atoms with Crippen molar-refractivity contribution in [2.75, 3.05) is 17.1 Å². The number of rotatable bonds is 12. The molecule has 1 N–H and O–H groups in total. The van der Waals surface area contributed by atoms with Crippen LogP contribution in [-0.4, -0.2) is 50.0 Å². The van der Waals surface area contributed by atoms with E-state index in [1.54, 1.807) is 6.92 Å². The molecule has 0 spiro atoms. The first-order chi connectivity index (χ1) is 17.6. The van der Waals surface area contributed by atoms with E-state index in [-0.39, 0.29) is 49.5 Å². The zero-order valence-corrected chi connectivity index (χ0v) is 23.2. The van der Waals surface area contributed by atoms with E-state index in [0.717, 1.165) is 46.3 Å². The molecule has 0 saturated carbocycles. The SMILES string of the molecule is CC[C@H](C)NC(=O)[C@@H](C)N(Cc1ccccc1C)C(=O)CCCN(c1cccc(C(F)(F)F)c1)S(C)(=O)=O. The third kappa shape index (κ3) is 8.75. The average Bonchev–Trinajstić information content (AvgIpc) is 2.84. The van der Waals surface area contributed by atoms with Crippen LogP contribution in [-0.2, 0) is 32.3 Å². The topological polar surface area (TPSA) is 86.8 Å². The highest BCUT2D eigenvalue weighted by Gasteiger charge is 2.32. The van der Waals surface area contributed by atoms with Gasteiger partial charge in [-0.2, -0.15) is 13.2 Å². The zero-order valence-electron chi connectivity index (χ0n) is 22.4. The van der Waals surface area contributed by atoms with Crippen molar-refractivity contribution in [1.29, 1.82) is 0 Å². The van der Waals surface area contributed by atoms with Gasteiger partial charge in [0.15, 0.2) is 0 Å². The monoisotopic (exact) mass is 555 g/mol. The van der Waals surface area contributed by atoms with E-state index in [9.17, 15) is 31.2 Å². The number of hydrogen-bond acceptors (Lipinski definition) is 4. The molecule has 0 bridgehead atoms. The third-order valence-electron chi connectivity index (χ3n) is 6.38. The highest BCUT2D eigenvalue weighted by Crippen LogP contribution is 2.32. The van der Waals surface area contributed by atoms with Crippen molar-refractivity contribution in [2.45, 2.75) is 71.8 Å². The quantitative estimate of drug-likeness (QED) is 0.404. The molecule has 0 aliphatic carbocycles. The van der Waals surface area contributed by atoms with Crippen molar-refractivity contribution < 1.29 is 31.2 Å². The summed E-state index contributed by atoms with van der Waals surface area (Å²) in [7, 11) is -3.92. The van der Waals surface area contributed by atoms with Gasteiger partial charge < -0.3 is 10.2 Å². The van der Waals surface area contributed by atoms with Gasteiger partial charge in [0.2, 0.25) is 21.8 Å². The standard InChI is InChI=1S/C27H36F3N3O4S/c1-6-20(3)31-26(35)21(4)32(18-22-12-8-7-11-19(22)2)25(34)15-10-16-33(38(5,36)37)24-14-9-13-23(17-24)27(28,29)30/h7-9,11-14,17,20-21H,6,10,15-16,18H2,1-5H3,(H,31,35)/t20-,21+/m0/s1. The van der Waals surface area contributed by atoms with Gasteiger partial charge in [-0.15, -0.1) is 0 Å². The summed E-state index contributed by atoms with van der Waals surface area (Å²) in [6.07, 6.45) is -3.05. The van der Waals surface area contributed by atoms with E-state index >= 15 is 0 Å². The van der Waals surface area contributed by atoms with Crippen LogP contribution in [0.15, 0.2) is 48.5 Å². The van der Waals surface area contributed by atoms with E-state index in [1.807, 2.05) is 45.0 Å². The van der Waals surface area contributed by atoms with Gasteiger partial charge in [-0.3, -0.25) is 13.9 Å². The maximum Gasteiger partial charge on any atom is 0.416 e. The van der Waals surface area contributed by atoms with Gasteiger partial charge in [0.05, 0.1) is 17.5 Å². The lowest BCUT2D eigenvalue weighted by molar-refractivity contribution is -0.140. The molecule has 2 amide bonds. The molecule has 0 radical (unpaired) electrons. The molecule has 2 rings (SSSR count). The summed E-state index contributed by atoms with van der Waals surface area (Å²) in [4.78, 5) is 27.7. The Balaban J connectivity index is 2.23. The second kappa shape index (κ2) is 13.1. The normalized spacial score (nSPS) is 13.5. The Morgan fingerprint density at radius 2 is 1.71 bits per heavy atom. The minimum Gasteiger partial charge on any atom is -0.352 e. The van der Waals surface area contributed by atoms with E-state index in [2.05, 4.69) is 5.32 Å². The summed E-state index contributed by atoms with van der Waals surface area (Å²) < 4.78 is 65.2. The Morgan fingerprint density at radius 1 is 1.05 bits per heavy atom. The average molecular weight is 556 g/mol. The summed E-state index contributed by atoms with van der Waals surface area (Å²) >= 11 is 0. The van der Waals surface area contributed by atoms with Crippen molar-refractivity contribution in [3.05, 3.63) is 65.2 Å². The zero-order chi connectivity index (χ0) is 28.7. The van der Waals surface area contributed by atoms with Crippen LogP contribution >= 0.6 is 0 Å². The van der Waals surface area contributed by atoms with Crippen LogP contribution in [0, 0.1) is 6.92 Å². The van der Waals surface area contributed by atoms with Crippen LogP contribution in [0.3, 0.4) is 0 Å². The number of alkyl halides is 3. The Morgan fingerprint density at radius 3 is 2.29 bits per heavy atom. The van der Waals surface area contributed by atoms with Crippen LogP contribution in [0.5, 0.6) is 0 Å². The highest BCUT2D eigenvalue weighted by molar-refractivity contribution is 7.92. The molecule has 0 fully saturated rings. The van der Waals surface area contributed by atoms with Crippen LogP contribution in [0.2, 0.25) is 0 Å². The molecular formula is C27H36F3N3O4S. The van der Waals surface area contributed by atoms with Crippen molar-refractivity contribution in [2.24, 2.45) is 0 Å². The Bertz CT molecular complexity index is 1220. The number of benzene rings is 2. The molecule has 11 heteroatoms. The predicted molar refractivity (Wildman–Crippen MR) is 142 cm³/mol. The Labute approximate surface area is 223 Å². The summed E-state index contributed by atoms with van der Waals surface area (Å²) in [6.45, 7) is 7.33. The van der Waals surface area contributed by atoms with Gasteiger partial charge in [0.25, 0.3) is 0 Å². The van der Waals surface area contributed by atoms with Crippen molar-refractivity contribution in [3.8, 4) is 0 Å². The maximum absolute atomic E-state index is 13.3. The minimum absolute atomic E-state index is 0.0477. The number of halogens is 3. The number of nitrogens with one attached hydrogen (secondary N) is 1. The van der Waals surface area contributed by atoms with Crippen molar-refractivity contribution >= 4 is 27.5 Å².